The molecule has 2 atom stereocenters. The molecule has 2 unspecified atom stereocenters. The zero-order valence-corrected chi connectivity index (χ0v) is 10.9. The van der Waals surface area contributed by atoms with Crippen molar-refractivity contribution in [1.29, 1.82) is 0 Å². The van der Waals surface area contributed by atoms with Crippen molar-refractivity contribution in [2.75, 3.05) is 46.3 Å². The van der Waals surface area contributed by atoms with Gasteiger partial charge in [0.15, 0.2) is 0 Å². The average Bonchev–Trinajstić information content (AvgIpc) is 2.20. The van der Waals surface area contributed by atoms with Crippen LogP contribution >= 0.6 is 0 Å². The summed E-state index contributed by atoms with van der Waals surface area (Å²) in [5.74, 6) is 0. The molecule has 4 nitrogen and oxygen atoms in total. The SMILES string of the molecule is CC(O)CC(C)NCCN1CCN(C)CC1. The minimum Gasteiger partial charge on any atom is -0.393 e. The molecule has 2 N–H and O–H groups in total. The molecule has 0 aromatic carbocycles. The summed E-state index contributed by atoms with van der Waals surface area (Å²) in [5, 5.41) is 12.7. The summed E-state index contributed by atoms with van der Waals surface area (Å²) in [6.07, 6.45) is 0.633. The van der Waals surface area contributed by atoms with Gasteiger partial charge in [-0.05, 0) is 27.3 Å². The van der Waals surface area contributed by atoms with Crippen molar-refractivity contribution in [1.82, 2.24) is 15.1 Å². The van der Waals surface area contributed by atoms with Crippen LogP contribution in [0.25, 0.3) is 0 Å². The molecule has 1 rings (SSSR count). The third-order valence-electron chi connectivity index (χ3n) is 3.21. The number of nitrogens with one attached hydrogen (secondary N) is 1. The first-order valence-electron chi connectivity index (χ1n) is 6.40. The van der Waals surface area contributed by atoms with Crippen LogP contribution in [0.4, 0.5) is 0 Å². The summed E-state index contributed by atoms with van der Waals surface area (Å²) >= 11 is 0. The highest BCUT2D eigenvalue weighted by Gasteiger charge is 2.13. The topological polar surface area (TPSA) is 38.7 Å². The summed E-state index contributed by atoms with van der Waals surface area (Å²) in [6, 6.07) is 0.410. The Hall–Kier alpha value is -0.160. The van der Waals surface area contributed by atoms with Crippen LogP contribution in [-0.2, 0) is 0 Å². The van der Waals surface area contributed by atoms with Gasteiger partial charge in [-0.1, -0.05) is 0 Å². The quantitative estimate of drug-likeness (QED) is 0.671. The van der Waals surface area contributed by atoms with Gasteiger partial charge in [0.1, 0.15) is 0 Å². The van der Waals surface area contributed by atoms with Gasteiger partial charge in [0.2, 0.25) is 0 Å². The van der Waals surface area contributed by atoms with Crippen molar-refractivity contribution < 1.29 is 5.11 Å². The number of likely N-dealkylation sites (N-methyl/N-ethyl adjacent to an activating group) is 1. The minimum atomic E-state index is -0.203. The van der Waals surface area contributed by atoms with E-state index in [1.54, 1.807) is 0 Å². The molecule has 0 saturated carbocycles. The molecular formula is C12H27N3O. The van der Waals surface area contributed by atoms with E-state index in [1.165, 1.54) is 26.2 Å². The van der Waals surface area contributed by atoms with Gasteiger partial charge < -0.3 is 15.3 Å². The van der Waals surface area contributed by atoms with Crippen molar-refractivity contribution in [2.24, 2.45) is 0 Å². The van der Waals surface area contributed by atoms with Gasteiger partial charge in [0, 0.05) is 45.3 Å². The van der Waals surface area contributed by atoms with Gasteiger partial charge in [0.25, 0.3) is 0 Å². The Kier molecular flexibility index (Phi) is 6.28. The molecule has 0 spiro atoms. The van der Waals surface area contributed by atoms with Crippen LogP contribution in [0.2, 0.25) is 0 Å². The summed E-state index contributed by atoms with van der Waals surface area (Å²) < 4.78 is 0. The Labute approximate surface area is 99.6 Å². The van der Waals surface area contributed by atoms with Crippen LogP contribution in [0.5, 0.6) is 0 Å². The Bertz CT molecular complexity index is 179. The molecule has 1 aliphatic heterocycles. The fourth-order valence-corrected chi connectivity index (χ4v) is 2.14. The van der Waals surface area contributed by atoms with E-state index in [4.69, 9.17) is 0 Å². The molecule has 1 fully saturated rings. The summed E-state index contributed by atoms with van der Waals surface area (Å²) in [7, 11) is 2.18. The Morgan fingerprint density at radius 1 is 1.19 bits per heavy atom. The Balaban J connectivity index is 2.02. The van der Waals surface area contributed by atoms with Crippen LogP contribution in [0, 0.1) is 0 Å². The maximum Gasteiger partial charge on any atom is 0.0526 e. The van der Waals surface area contributed by atoms with Crippen LogP contribution in [0.15, 0.2) is 0 Å². The van der Waals surface area contributed by atoms with Gasteiger partial charge >= 0.3 is 0 Å². The van der Waals surface area contributed by atoms with Crippen molar-refractivity contribution >= 4 is 0 Å². The molecule has 4 heteroatoms. The zero-order valence-electron chi connectivity index (χ0n) is 10.9. The Morgan fingerprint density at radius 2 is 1.81 bits per heavy atom. The molecular weight excluding hydrogens is 202 g/mol. The van der Waals surface area contributed by atoms with E-state index in [-0.39, 0.29) is 6.10 Å². The second kappa shape index (κ2) is 7.22. The van der Waals surface area contributed by atoms with Crippen molar-refractivity contribution in [3.8, 4) is 0 Å². The standard InChI is InChI=1S/C12H27N3O/c1-11(10-12(2)16)13-4-5-15-8-6-14(3)7-9-15/h11-13,16H,4-10H2,1-3H3. The third kappa shape index (κ3) is 5.80. The van der Waals surface area contributed by atoms with E-state index in [1.807, 2.05) is 6.92 Å². The fourth-order valence-electron chi connectivity index (χ4n) is 2.14. The van der Waals surface area contributed by atoms with Gasteiger partial charge in [-0.15, -0.1) is 0 Å². The highest BCUT2D eigenvalue weighted by atomic mass is 16.3. The molecule has 0 aromatic rings. The highest BCUT2D eigenvalue weighted by molar-refractivity contribution is 4.71. The first-order chi connectivity index (χ1) is 7.58. The van der Waals surface area contributed by atoms with E-state index in [0.717, 1.165) is 19.5 Å². The highest BCUT2D eigenvalue weighted by Crippen LogP contribution is 1.99. The molecule has 0 radical (unpaired) electrons. The lowest BCUT2D eigenvalue weighted by Crippen LogP contribution is -2.47. The lowest BCUT2D eigenvalue weighted by atomic mass is 10.1. The molecule has 0 bridgehead atoms. The van der Waals surface area contributed by atoms with E-state index in [9.17, 15) is 5.11 Å². The third-order valence-corrected chi connectivity index (χ3v) is 3.21. The van der Waals surface area contributed by atoms with Gasteiger partial charge in [-0.25, -0.2) is 0 Å². The lowest BCUT2D eigenvalue weighted by molar-refractivity contribution is 0.148. The maximum atomic E-state index is 9.24. The summed E-state index contributed by atoms with van der Waals surface area (Å²) in [4.78, 5) is 4.88. The normalized spacial score (nSPS) is 23.2. The molecule has 1 saturated heterocycles. The molecule has 16 heavy (non-hydrogen) atoms. The number of rotatable bonds is 6. The van der Waals surface area contributed by atoms with Crippen molar-refractivity contribution in [3.05, 3.63) is 0 Å². The predicted octanol–water partition coefficient (Wildman–Crippen LogP) is -0.0172. The monoisotopic (exact) mass is 229 g/mol. The molecule has 1 aliphatic rings. The van der Waals surface area contributed by atoms with E-state index >= 15 is 0 Å². The molecule has 0 aromatic heterocycles. The second-order valence-corrected chi connectivity index (χ2v) is 5.08. The van der Waals surface area contributed by atoms with Crippen LogP contribution in [-0.4, -0.2) is 73.4 Å². The zero-order chi connectivity index (χ0) is 12.0. The number of piperazine rings is 1. The molecule has 0 amide bonds. The van der Waals surface area contributed by atoms with Gasteiger partial charge in [0.05, 0.1) is 6.10 Å². The second-order valence-electron chi connectivity index (χ2n) is 5.08. The van der Waals surface area contributed by atoms with Crippen LogP contribution in [0.3, 0.4) is 0 Å². The summed E-state index contributed by atoms with van der Waals surface area (Å²) in [5.41, 5.74) is 0. The number of aliphatic hydroxyl groups excluding tert-OH is 1. The first kappa shape index (κ1) is 13.9. The Morgan fingerprint density at radius 3 is 2.38 bits per heavy atom. The van der Waals surface area contributed by atoms with Crippen molar-refractivity contribution in [3.63, 3.8) is 0 Å². The predicted molar refractivity (Wildman–Crippen MR) is 67.7 cm³/mol. The molecule has 96 valence electrons. The number of aliphatic hydroxyl groups is 1. The van der Waals surface area contributed by atoms with E-state index in [2.05, 4.69) is 29.1 Å². The largest absolute Gasteiger partial charge is 0.393 e. The average molecular weight is 229 g/mol. The number of nitrogens with zero attached hydrogens (tertiary/aromatic N) is 2. The lowest BCUT2D eigenvalue weighted by Gasteiger charge is -2.32. The fraction of sp³-hybridized carbons (Fsp3) is 1.00. The van der Waals surface area contributed by atoms with E-state index < -0.39 is 0 Å². The minimum absolute atomic E-state index is 0.203. The summed E-state index contributed by atoms with van der Waals surface area (Å²) in [6.45, 7) is 10.9. The number of hydrogen-bond acceptors (Lipinski definition) is 4. The van der Waals surface area contributed by atoms with Crippen molar-refractivity contribution in [2.45, 2.75) is 32.4 Å². The van der Waals surface area contributed by atoms with Gasteiger partial charge in [-0.2, -0.15) is 0 Å². The van der Waals surface area contributed by atoms with Crippen LogP contribution in [0.1, 0.15) is 20.3 Å². The number of hydrogen-bond donors (Lipinski definition) is 2. The van der Waals surface area contributed by atoms with Crippen LogP contribution < -0.4 is 5.32 Å². The van der Waals surface area contributed by atoms with Gasteiger partial charge in [-0.3, -0.25) is 4.90 Å². The van der Waals surface area contributed by atoms with E-state index in [0.29, 0.717) is 6.04 Å². The first-order valence-corrected chi connectivity index (χ1v) is 6.40. The molecule has 0 aliphatic carbocycles. The smallest absolute Gasteiger partial charge is 0.0526 e. The molecule has 1 heterocycles. The maximum absolute atomic E-state index is 9.24.